The first-order valence-electron chi connectivity index (χ1n) is 8.17. The van der Waals surface area contributed by atoms with Crippen LogP contribution in [0.25, 0.3) is 0 Å². The van der Waals surface area contributed by atoms with E-state index in [-0.39, 0.29) is 22.7 Å². The standard InChI is InChI=1S/C18H19FN2O4S/c1-12-9-14(13-3-5-15(19)6-4-13)11-20(12)16-7-8-17(21(22)23)18(10-16)26(2,24)25/h3-8,10,12,14H,9,11H2,1-2H3. The van der Waals surface area contributed by atoms with Crippen molar-refractivity contribution in [1.29, 1.82) is 0 Å². The molecule has 0 bridgehead atoms. The van der Waals surface area contributed by atoms with Crippen molar-refractivity contribution in [2.45, 2.75) is 30.2 Å². The molecule has 0 aromatic heterocycles. The van der Waals surface area contributed by atoms with Crippen LogP contribution in [0.4, 0.5) is 15.8 Å². The van der Waals surface area contributed by atoms with Crippen LogP contribution in [0.1, 0.15) is 24.8 Å². The van der Waals surface area contributed by atoms with Gasteiger partial charge in [-0.3, -0.25) is 10.1 Å². The Morgan fingerprint density at radius 1 is 1.19 bits per heavy atom. The molecule has 1 saturated heterocycles. The largest absolute Gasteiger partial charge is 0.368 e. The summed E-state index contributed by atoms with van der Waals surface area (Å²) in [6.07, 6.45) is 1.80. The van der Waals surface area contributed by atoms with Crippen LogP contribution >= 0.6 is 0 Å². The van der Waals surface area contributed by atoms with Gasteiger partial charge in [0.05, 0.1) is 4.92 Å². The molecule has 3 rings (SSSR count). The summed E-state index contributed by atoms with van der Waals surface area (Å²) >= 11 is 0. The van der Waals surface area contributed by atoms with Crippen LogP contribution in [-0.2, 0) is 9.84 Å². The van der Waals surface area contributed by atoms with Crippen molar-refractivity contribution in [3.8, 4) is 0 Å². The maximum absolute atomic E-state index is 13.1. The van der Waals surface area contributed by atoms with E-state index in [9.17, 15) is 22.9 Å². The molecule has 0 amide bonds. The van der Waals surface area contributed by atoms with Crippen molar-refractivity contribution in [2.75, 3.05) is 17.7 Å². The first-order valence-corrected chi connectivity index (χ1v) is 10.1. The lowest BCUT2D eigenvalue weighted by atomic mass is 9.97. The fourth-order valence-corrected chi connectivity index (χ4v) is 4.35. The SMILES string of the molecule is CC1CC(c2ccc(F)cc2)CN1c1ccc([N+](=O)[O-])c(S(C)(=O)=O)c1. The second-order valence-electron chi connectivity index (χ2n) is 6.67. The zero-order valence-electron chi connectivity index (χ0n) is 14.4. The number of nitrogens with zero attached hydrogens (tertiary/aromatic N) is 2. The molecule has 2 aromatic rings. The zero-order chi connectivity index (χ0) is 19.1. The van der Waals surface area contributed by atoms with Gasteiger partial charge in [0, 0.05) is 36.5 Å². The van der Waals surface area contributed by atoms with Crippen molar-refractivity contribution < 1.29 is 17.7 Å². The highest BCUT2D eigenvalue weighted by Crippen LogP contribution is 2.37. The highest BCUT2D eigenvalue weighted by Gasteiger charge is 2.32. The maximum Gasteiger partial charge on any atom is 0.288 e. The molecule has 0 radical (unpaired) electrons. The van der Waals surface area contributed by atoms with Gasteiger partial charge in [0.25, 0.3) is 5.69 Å². The summed E-state index contributed by atoms with van der Waals surface area (Å²) in [5, 5.41) is 11.1. The number of nitro benzene ring substituents is 1. The molecule has 2 aromatic carbocycles. The van der Waals surface area contributed by atoms with Gasteiger partial charge in [-0.15, -0.1) is 0 Å². The monoisotopic (exact) mass is 378 g/mol. The van der Waals surface area contributed by atoms with Crippen LogP contribution in [0, 0.1) is 15.9 Å². The van der Waals surface area contributed by atoms with Crippen molar-refractivity contribution in [2.24, 2.45) is 0 Å². The molecule has 26 heavy (non-hydrogen) atoms. The second kappa shape index (κ2) is 6.68. The summed E-state index contributed by atoms with van der Waals surface area (Å²) in [7, 11) is -3.73. The Kier molecular flexibility index (Phi) is 4.70. The Labute approximate surface area is 151 Å². The molecule has 1 fully saturated rings. The Hall–Kier alpha value is -2.48. The number of rotatable bonds is 4. The van der Waals surface area contributed by atoms with E-state index in [4.69, 9.17) is 0 Å². The fraction of sp³-hybridized carbons (Fsp3) is 0.333. The molecule has 2 unspecified atom stereocenters. The Bertz CT molecular complexity index is 944. The van der Waals surface area contributed by atoms with E-state index in [1.54, 1.807) is 18.2 Å². The lowest BCUT2D eigenvalue weighted by Gasteiger charge is -2.24. The van der Waals surface area contributed by atoms with E-state index in [1.165, 1.54) is 24.3 Å². The van der Waals surface area contributed by atoms with Crippen LogP contribution < -0.4 is 4.90 Å². The number of nitro groups is 1. The summed E-state index contributed by atoms with van der Waals surface area (Å²) in [4.78, 5) is 12.2. The van der Waals surface area contributed by atoms with Gasteiger partial charge in [-0.25, -0.2) is 12.8 Å². The van der Waals surface area contributed by atoms with E-state index in [1.807, 2.05) is 11.8 Å². The number of anilines is 1. The normalized spacial score (nSPS) is 20.3. The summed E-state index contributed by atoms with van der Waals surface area (Å²) in [5.41, 5.74) is 1.23. The molecule has 0 aliphatic carbocycles. The first-order chi connectivity index (χ1) is 12.2. The molecule has 6 nitrogen and oxygen atoms in total. The topological polar surface area (TPSA) is 80.5 Å². The Balaban J connectivity index is 1.94. The Morgan fingerprint density at radius 3 is 2.42 bits per heavy atom. The molecular formula is C18H19FN2O4S. The third-order valence-electron chi connectivity index (χ3n) is 4.79. The third-order valence-corrected chi connectivity index (χ3v) is 5.91. The van der Waals surface area contributed by atoms with Crippen LogP contribution in [-0.4, -0.2) is 32.2 Å². The lowest BCUT2D eigenvalue weighted by molar-refractivity contribution is -0.387. The minimum Gasteiger partial charge on any atom is -0.368 e. The molecule has 138 valence electrons. The van der Waals surface area contributed by atoms with Crippen molar-refractivity contribution in [1.82, 2.24) is 0 Å². The highest BCUT2D eigenvalue weighted by molar-refractivity contribution is 7.90. The van der Waals surface area contributed by atoms with Gasteiger partial charge in [-0.05, 0) is 43.2 Å². The summed E-state index contributed by atoms with van der Waals surface area (Å²) < 4.78 is 37.1. The number of halogens is 1. The van der Waals surface area contributed by atoms with E-state index in [0.29, 0.717) is 12.2 Å². The van der Waals surface area contributed by atoms with E-state index in [0.717, 1.165) is 18.2 Å². The zero-order valence-corrected chi connectivity index (χ0v) is 15.2. The molecule has 0 N–H and O–H groups in total. The van der Waals surface area contributed by atoms with E-state index < -0.39 is 20.4 Å². The predicted octanol–water partition coefficient (Wildman–Crippen LogP) is 3.52. The molecular weight excluding hydrogens is 359 g/mol. The average Bonchev–Trinajstić information content (AvgIpc) is 2.96. The minimum atomic E-state index is -3.73. The number of sulfone groups is 1. The van der Waals surface area contributed by atoms with Crippen LogP contribution in [0.15, 0.2) is 47.4 Å². The smallest absolute Gasteiger partial charge is 0.288 e. The molecule has 1 heterocycles. The molecule has 1 aliphatic rings. The van der Waals surface area contributed by atoms with Crippen molar-refractivity contribution in [3.05, 3.63) is 64.0 Å². The minimum absolute atomic E-state index is 0.124. The fourth-order valence-electron chi connectivity index (χ4n) is 3.50. The van der Waals surface area contributed by atoms with Crippen LogP contribution in [0.2, 0.25) is 0 Å². The molecule has 0 spiro atoms. The summed E-state index contributed by atoms with van der Waals surface area (Å²) in [6.45, 7) is 2.65. The first kappa shape index (κ1) is 18.3. The Morgan fingerprint density at radius 2 is 1.85 bits per heavy atom. The van der Waals surface area contributed by atoms with Crippen molar-refractivity contribution in [3.63, 3.8) is 0 Å². The maximum atomic E-state index is 13.1. The van der Waals surface area contributed by atoms with Crippen LogP contribution in [0.5, 0.6) is 0 Å². The predicted molar refractivity (Wildman–Crippen MR) is 96.8 cm³/mol. The quantitative estimate of drug-likeness (QED) is 0.601. The van der Waals surface area contributed by atoms with Gasteiger partial charge in [-0.2, -0.15) is 0 Å². The van der Waals surface area contributed by atoms with Crippen molar-refractivity contribution >= 4 is 21.2 Å². The van der Waals surface area contributed by atoms with Gasteiger partial charge in [0.1, 0.15) is 10.7 Å². The van der Waals surface area contributed by atoms with Gasteiger partial charge in [0.2, 0.25) is 0 Å². The van der Waals surface area contributed by atoms with Crippen LogP contribution in [0.3, 0.4) is 0 Å². The average molecular weight is 378 g/mol. The lowest BCUT2D eigenvalue weighted by Crippen LogP contribution is -2.26. The number of benzene rings is 2. The van der Waals surface area contributed by atoms with Gasteiger partial charge in [-0.1, -0.05) is 12.1 Å². The third kappa shape index (κ3) is 3.55. The molecule has 8 heteroatoms. The van der Waals surface area contributed by atoms with E-state index in [2.05, 4.69) is 0 Å². The highest BCUT2D eigenvalue weighted by atomic mass is 32.2. The molecule has 2 atom stereocenters. The van der Waals surface area contributed by atoms with Gasteiger partial charge < -0.3 is 4.90 Å². The van der Waals surface area contributed by atoms with E-state index >= 15 is 0 Å². The summed E-state index contributed by atoms with van der Waals surface area (Å²) in [5.74, 6) is -0.104. The van der Waals surface area contributed by atoms with Gasteiger partial charge >= 0.3 is 0 Å². The molecule has 0 saturated carbocycles. The number of hydrogen-bond acceptors (Lipinski definition) is 5. The second-order valence-corrected chi connectivity index (χ2v) is 8.65. The molecule has 1 aliphatic heterocycles. The number of hydrogen-bond donors (Lipinski definition) is 0. The summed E-state index contributed by atoms with van der Waals surface area (Å²) in [6, 6.07) is 10.7. The van der Waals surface area contributed by atoms with Gasteiger partial charge in [0.15, 0.2) is 9.84 Å².